The van der Waals surface area contributed by atoms with Crippen molar-refractivity contribution < 1.29 is 23.9 Å². The predicted octanol–water partition coefficient (Wildman–Crippen LogP) is 2.26. The van der Waals surface area contributed by atoms with E-state index in [2.05, 4.69) is 10.4 Å². The normalized spacial score (nSPS) is 13.8. The fourth-order valence-electron chi connectivity index (χ4n) is 2.91. The van der Waals surface area contributed by atoms with Gasteiger partial charge in [-0.25, -0.2) is 9.48 Å². The van der Waals surface area contributed by atoms with Gasteiger partial charge < -0.3 is 10.1 Å². The molecule has 1 fully saturated rings. The van der Waals surface area contributed by atoms with E-state index in [1.54, 1.807) is 11.6 Å². The maximum absolute atomic E-state index is 12.0. The number of thioether (sulfide) groups is 1. The van der Waals surface area contributed by atoms with Gasteiger partial charge in [0.2, 0.25) is 5.91 Å². The monoisotopic (exact) mass is 476 g/mol. The number of carbonyl (C=O) groups excluding carboxylic acids is 4. The summed E-state index contributed by atoms with van der Waals surface area (Å²) in [7, 11) is 0. The fraction of sp³-hybridized carbons (Fsp3) is 0.286. The lowest BCUT2D eigenvalue weighted by Gasteiger charge is -2.12. The van der Waals surface area contributed by atoms with Gasteiger partial charge in [0.15, 0.2) is 6.61 Å². The Morgan fingerprint density at radius 2 is 2.03 bits per heavy atom. The summed E-state index contributed by atoms with van der Waals surface area (Å²) in [5.41, 5.74) is 2.27. The second kappa shape index (κ2) is 11.0. The molecule has 168 valence electrons. The van der Waals surface area contributed by atoms with Crippen molar-refractivity contribution in [2.24, 2.45) is 0 Å². The molecule has 3 amide bonds. The molecule has 0 saturated carbocycles. The molecular formula is C21H21ClN4O5S. The molecule has 1 saturated heterocycles. The number of imide groups is 1. The molecule has 32 heavy (non-hydrogen) atoms. The van der Waals surface area contributed by atoms with Crippen LogP contribution in [0.3, 0.4) is 0 Å². The van der Waals surface area contributed by atoms with Crippen LogP contribution in [0.25, 0.3) is 6.08 Å². The molecular weight excluding hydrogens is 456 g/mol. The molecule has 2 aromatic rings. The Morgan fingerprint density at radius 3 is 2.72 bits per heavy atom. The number of nitrogens with one attached hydrogen (secondary N) is 1. The van der Waals surface area contributed by atoms with Crippen LogP contribution in [0.4, 0.5) is 4.79 Å². The third-order valence-corrected chi connectivity index (χ3v) is 5.77. The molecule has 0 spiro atoms. The van der Waals surface area contributed by atoms with E-state index in [0.717, 1.165) is 22.2 Å². The van der Waals surface area contributed by atoms with Crippen LogP contribution in [0.15, 0.2) is 36.4 Å². The second-order valence-electron chi connectivity index (χ2n) is 6.82. The average molecular weight is 477 g/mol. The first-order valence-electron chi connectivity index (χ1n) is 9.70. The van der Waals surface area contributed by atoms with E-state index >= 15 is 0 Å². The van der Waals surface area contributed by atoms with E-state index < -0.39 is 18.5 Å². The largest absolute Gasteiger partial charge is 0.452 e. The number of halogens is 1. The Balaban J connectivity index is 1.45. The SMILES string of the molecule is Cc1nn(Cc2ccccc2)c(Cl)c1/C=C/C(=O)OCC(=O)NCCN1C(=O)CSC1=O. The molecule has 1 aliphatic heterocycles. The number of rotatable bonds is 9. The number of nitrogens with zero attached hydrogens (tertiary/aromatic N) is 3. The Bertz CT molecular complexity index is 1040. The fourth-order valence-corrected chi connectivity index (χ4v) is 3.96. The molecule has 1 aliphatic rings. The Labute approximate surface area is 193 Å². The van der Waals surface area contributed by atoms with Gasteiger partial charge in [0.1, 0.15) is 5.15 Å². The number of aromatic nitrogens is 2. The van der Waals surface area contributed by atoms with E-state index in [-0.39, 0.29) is 30.0 Å². The van der Waals surface area contributed by atoms with Gasteiger partial charge in [0.25, 0.3) is 11.1 Å². The third kappa shape index (κ3) is 6.21. The standard InChI is InChI=1S/C21H21ClN4O5S/c1-14-16(20(22)26(24-14)11-15-5-3-2-4-6-15)7-8-19(29)31-12-17(27)23-9-10-25-18(28)13-32-21(25)30/h2-8H,9-13H2,1H3,(H,23,27)/b8-7+. The summed E-state index contributed by atoms with van der Waals surface area (Å²) in [6.07, 6.45) is 2.67. The maximum atomic E-state index is 12.0. The van der Waals surface area contributed by atoms with E-state index in [0.29, 0.717) is 23.0 Å². The molecule has 1 aromatic heterocycles. The third-order valence-electron chi connectivity index (χ3n) is 4.51. The van der Waals surface area contributed by atoms with Gasteiger partial charge in [-0.15, -0.1) is 0 Å². The van der Waals surface area contributed by atoms with Crippen molar-refractivity contribution in [3.8, 4) is 0 Å². The van der Waals surface area contributed by atoms with E-state index in [4.69, 9.17) is 16.3 Å². The lowest BCUT2D eigenvalue weighted by molar-refractivity contribution is -0.143. The summed E-state index contributed by atoms with van der Waals surface area (Å²) in [5.74, 6) is -1.42. The van der Waals surface area contributed by atoms with E-state index in [9.17, 15) is 19.2 Å². The highest BCUT2D eigenvalue weighted by atomic mass is 35.5. The lowest BCUT2D eigenvalue weighted by Crippen LogP contribution is -2.38. The molecule has 2 heterocycles. The number of amides is 3. The van der Waals surface area contributed by atoms with Crippen LogP contribution in [0.2, 0.25) is 5.15 Å². The minimum absolute atomic E-state index is 0.0784. The topological polar surface area (TPSA) is 111 Å². The highest BCUT2D eigenvalue weighted by Crippen LogP contribution is 2.22. The molecule has 0 bridgehead atoms. The van der Waals surface area contributed by atoms with Crippen LogP contribution in [0.5, 0.6) is 0 Å². The number of ether oxygens (including phenoxy) is 1. The number of aryl methyl sites for hydroxylation is 1. The quantitative estimate of drug-likeness (QED) is 0.436. The van der Waals surface area contributed by atoms with Crippen LogP contribution < -0.4 is 5.32 Å². The minimum atomic E-state index is -0.715. The Kier molecular flexibility index (Phi) is 8.07. The van der Waals surface area contributed by atoms with Gasteiger partial charge in [-0.3, -0.25) is 19.3 Å². The number of carbonyl (C=O) groups is 4. The lowest BCUT2D eigenvalue weighted by atomic mass is 10.2. The zero-order valence-corrected chi connectivity index (χ0v) is 18.8. The zero-order valence-electron chi connectivity index (χ0n) is 17.2. The van der Waals surface area contributed by atoms with Crippen molar-refractivity contribution >= 4 is 52.5 Å². The summed E-state index contributed by atoms with van der Waals surface area (Å²) in [6.45, 7) is 1.95. The van der Waals surface area contributed by atoms with E-state index in [1.165, 1.54) is 12.2 Å². The molecule has 9 nitrogen and oxygen atoms in total. The number of benzene rings is 1. The van der Waals surface area contributed by atoms with E-state index in [1.807, 2.05) is 30.3 Å². The summed E-state index contributed by atoms with van der Waals surface area (Å²) in [4.78, 5) is 47.8. The molecule has 0 aliphatic carbocycles. The van der Waals surface area contributed by atoms with Crippen LogP contribution in [0.1, 0.15) is 16.8 Å². The summed E-state index contributed by atoms with van der Waals surface area (Å²) in [6, 6.07) is 9.71. The van der Waals surface area contributed by atoms with Crippen LogP contribution in [-0.4, -0.2) is 63.2 Å². The van der Waals surface area contributed by atoms with Gasteiger partial charge in [-0.05, 0) is 18.6 Å². The predicted molar refractivity (Wildman–Crippen MR) is 120 cm³/mol. The molecule has 11 heteroatoms. The van der Waals surface area contributed by atoms with Crippen molar-refractivity contribution in [1.29, 1.82) is 0 Å². The van der Waals surface area contributed by atoms with Gasteiger partial charge in [0.05, 0.1) is 18.0 Å². The first kappa shape index (κ1) is 23.6. The highest BCUT2D eigenvalue weighted by Gasteiger charge is 2.29. The Morgan fingerprint density at radius 1 is 1.28 bits per heavy atom. The van der Waals surface area contributed by atoms with Gasteiger partial charge in [-0.2, -0.15) is 5.10 Å². The van der Waals surface area contributed by atoms with Gasteiger partial charge in [-0.1, -0.05) is 53.7 Å². The maximum Gasteiger partial charge on any atom is 0.331 e. The van der Waals surface area contributed by atoms with Crippen molar-refractivity contribution in [1.82, 2.24) is 20.0 Å². The smallest absolute Gasteiger partial charge is 0.331 e. The molecule has 0 radical (unpaired) electrons. The first-order chi connectivity index (χ1) is 15.3. The summed E-state index contributed by atoms with van der Waals surface area (Å²) in [5, 5.41) is 6.95. The minimum Gasteiger partial charge on any atom is -0.452 e. The summed E-state index contributed by atoms with van der Waals surface area (Å²) >= 11 is 7.33. The van der Waals surface area contributed by atoms with Crippen molar-refractivity contribution in [3.05, 3.63) is 58.4 Å². The molecule has 1 aromatic carbocycles. The Hall–Kier alpha value is -3.11. The molecule has 1 N–H and O–H groups in total. The molecule has 0 atom stereocenters. The highest BCUT2D eigenvalue weighted by molar-refractivity contribution is 8.14. The zero-order chi connectivity index (χ0) is 23.1. The van der Waals surface area contributed by atoms with Crippen LogP contribution in [-0.2, 0) is 25.7 Å². The van der Waals surface area contributed by atoms with Crippen molar-refractivity contribution in [2.45, 2.75) is 13.5 Å². The van der Waals surface area contributed by atoms with Crippen LogP contribution >= 0.6 is 23.4 Å². The van der Waals surface area contributed by atoms with Crippen molar-refractivity contribution in [3.63, 3.8) is 0 Å². The van der Waals surface area contributed by atoms with Gasteiger partial charge in [0, 0.05) is 24.7 Å². The van der Waals surface area contributed by atoms with Gasteiger partial charge >= 0.3 is 5.97 Å². The average Bonchev–Trinajstić information content (AvgIpc) is 3.23. The number of esters is 1. The van der Waals surface area contributed by atoms with Crippen LogP contribution in [0, 0.1) is 6.92 Å². The first-order valence-corrected chi connectivity index (χ1v) is 11.1. The summed E-state index contributed by atoms with van der Waals surface area (Å²) < 4.78 is 6.55. The second-order valence-corrected chi connectivity index (χ2v) is 8.11. The molecule has 3 rings (SSSR count). The number of hydrogen-bond acceptors (Lipinski definition) is 7. The number of hydrogen-bond donors (Lipinski definition) is 1. The molecule has 0 unspecified atom stereocenters. The van der Waals surface area contributed by atoms with Crippen molar-refractivity contribution in [2.75, 3.05) is 25.4 Å².